The second-order valence-corrected chi connectivity index (χ2v) is 10.5. The molecule has 1 amide bonds. The van der Waals surface area contributed by atoms with Gasteiger partial charge in [-0.1, -0.05) is 20.8 Å². The minimum absolute atomic E-state index is 0.00826. The van der Waals surface area contributed by atoms with E-state index in [9.17, 15) is 4.79 Å². The topological polar surface area (TPSA) is 85.8 Å². The molecule has 3 aromatic rings. The van der Waals surface area contributed by atoms with E-state index < -0.39 is 0 Å². The van der Waals surface area contributed by atoms with E-state index in [0.717, 1.165) is 53.8 Å². The van der Waals surface area contributed by atoms with Crippen LogP contribution in [0.1, 0.15) is 45.6 Å². The van der Waals surface area contributed by atoms with Gasteiger partial charge in [0.2, 0.25) is 5.91 Å². The van der Waals surface area contributed by atoms with E-state index in [1.54, 1.807) is 14.2 Å². The Labute approximate surface area is 213 Å². The number of benzene rings is 2. The molecule has 0 spiro atoms. The summed E-state index contributed by atoms with van der Waals surface area (Å²) in [6, 6.07) is 9.73. The van der Waals surface area contributed by atoms with Gasteiger partial charge in [0, 0.05) is 49.5 Å². The summed E-state index contributed by atoms with van der Waals surface area (Å²) in [4.78, 5) is 23.3. The molecule has 8 heteroatoms. The Hall–Kier alpha value is -3.55. The Kier molecular flexibility index (Phi) is 7.52. The fraction of sp³-hybridized carbons (Fsp3) is 0.464. The van der Waals surface area contributed by atoms with Crippen LogP contribution in [0.2, 0.25) is 0 Å². The first kappa shape index (κ1) is 25.5. The number of methoxy groups -OCH3 is 2. The quantitative estimate of drug-likeness (QED) is 0.466. The molecule has 1 saturated heterocycles. The molecule has 1 aromatic heterocycles. The van der Waals surface area contributed by atoms with E-state index in [1.165, 1.54) is 6.33 Å². The number of carbonyl (C=O) groups is 1. The summed E-state index contributed by atoms with van der Waals surface area (Å²) >= 11 is 0. The molecule has 0 bridgehead atoms. The summed E-state index contributed by atoms with van der Waals surface area (Å²) in [5.41, 5.74) is 2.70. The maximum absolute atomic E-state index is 12.5. The zero-order valence-corrected chi connectivity index (χ0v) is 22.1. The summed E-state index contributed by atoms with van der Waals surface area (Å²) in [6.07, 6.45) is 3.89. The van der Waals surface area contributed by atoms with Crippen molar-refractivity contribution in [1.82, 2.24) is 14.9 Å². The van der Waals surface area contributed by atoms with Crippen molar-refractivity contribution in [3.8, 4) is 17.2 Å². The number of anilines is 2. The van der Waals surface area contributed by atoms with Crippen LogP contribution in [0.5, 0.6) is 17.2 Å². The molecule has 1 aliphatic heterocycles. The molecule has 4 rings (SSSR count). The van der Waals surface area contributed by atoms with Crippen LogP contribution >= 0.6 is 0 Å². The maximum atomic E-state index is 12.5. The maximum Gasteiger partial charge on any atom is 0.223 e. The third kappa shape index (κ3) is 5.98. The van der Waals surface area contributed by atoms with Crippen LogP contribution < -0.4 is 19.5 Å². The Morgan fingerprint density at radius 1 is 1.03 bits per heavy atom. The van der Waals surface area contributed by atoms with Crippen molar-refractivity contribution in [3.63, 3.8) is 0 Å². The Balaban J connectivity index is 1.42. The summed E-state index contributed by atoms with van der Waals surface area (Å²) in [5.74, 6) is 3.02. The molecule has 1 N–H and O–H groups in total. The van der Waals surface area contributed by atoms with E-state index in [0.29, 0.717) is 23.7 Å². The Morgan fingerprint density at radius 2 is 1.72 bits per heavy atom. The summed E-state index contributed by atoms with van der Waals surface area (Å²) in [7, 11) is 3.21. The van der Waals surface area contributed by atoms with Crippen LogP contribution in [-0.2, 0) is 4.79 Å². The van der Waals surface area contributed by atoms with Crippen LogP contribution in [-0.4, -0.2) is 54.2 Å². The Bertz CT molecular complexity index is 1230. The molecule has 0 saturated carbocycles. The SMILES string of the molecule is COc1cc2ncnc(Nc3ccc(OC4CCN(C(=O)CC(C)(C)C)CC4)c(C)c3)c2cc1OC. The van der Waals surface area contributed by atoms with E-state index in [-0.39, 0.29) is 17.4 Å². The molecule has 2 heterocycles. The number of piperidine rings is 1. The van der Waals surface area contributed by atoms with Crippen molar-refractivity contribution in [2.45, 2.75) is 53.1 Å². The third-order valence-electron chi connectivity index (χ3n) is 6.35. The number of nitrogens with one attached hydrogen (secondary N) is 1. The summed E-state index contributed by atoms with van der Waals surface area (Å²) in [5, 5.41) is 4.23. The van der Waals surface area contributed by atoms with Gasteiger partial charge in [-0.3, -0.25) is 4.79 Å². The summed E-state index contributed by atoms with van der Waals surface area (Å²) in [6.45, 7) is 9.82. The third-order valence-corrected chi connectivity index (χ3v) is 6.35. The fourth-order valence-electron chi connectivity index (χ4n) is 4.45. The van der Waals surface area contributed by atoms with E-state index >= 15 is 0 Å². The van der Waals surface area contributed by atoms with Crippen LogP contribution in [0.4, 0.5) is 11.5 Å². The smallest absolute Gasteiger partial charge is 0.223 e. The predicted octanol–water partition coefficient (Wildman–Crippen LogP) is 5.51. The van der Waals surface area contributed by atoms with Gasteiger partial charge < -0.3 is 24.4 Å². The highest BCUT2D eigenvalue weighted by Gasteiger charge is 2.27. The number of rotatable bonds is 7. The van der Waals surface area contributed by atoms with Crippen LogP contribution in [0.25, 0.3) is 10.9 Å². The van der Waals surface area contributed by atoms with Crippen molar-refractivity contribution >= 4 is 28.3 Å². The van der Waals surface area contributed by atoms with Crippen LogP contribution in [0, 0.1) is 12.3 Å². The van der Waals surface area contributed by atoms with Gasteiger partial charge >= 0.3 is 0 Å². The highest BCUT2D eigenvalue weighted by atomic mass is 16.5. The van der Waals surface area contributed by atoms with Gasteiger partial charge in [-0.05, 0) is 42.2 Å². The number of likely N-dealkylation sites (tertiary alicyclic amines) is 1. The number of fused-ring (bicyclic) bond motifs is 1. The highest BCUT2D eigenvalue weighted by Crippen LogP contribution is 2.35. The van der Waals surface area contributed by atoms with Gasteiger partial charge in [-0.25, -0.2) is 9.97 Å². The average molecular weight is 493 g/mol. The van der Waals surface area contributed by atoms with Gasteiger partial charge in [0.05, 0.1) is 19.7 Å². The number of ether oxygens (including phenoxy) is 3. The van der Waals surface area contributed by atoms with Gasteiger partial charge in [-0.2, -0.15) is 0 Å². The number of hydrogen-bond donors (Lipinski definition) is 1. The molecular weight excluding hydrogens is 456 g/mol. The molecule has 0 radical (unpaired) electrons. The largest absolute Gasteiger partial charge is 0.493 e. The zero-order chi connectivity index (χ0) is 25.9. The molecule has 8 nitrogen and oxygen atoms in total. The molecule has 0 atom stereocenters. The number of amides is 1. The van der Waals surface area contributed by atoms with Crippen molar-refractivity contribution in [3.05, 3.63) is 42.2 Å². The first-order valence-electron chi connectivity index (χ1n) is 12.4. The second-order valence-electron chi connectivity index (χ2n) is 10.5. The van der Waals surface area contributed by atoms with Gasteiger partial charge in [0.25, 0.3) is 0 Å². The molecule has 0 unspecified atom stereocenters. The highest BCUT2D eigenvalue weighted by molar-refractivity contribution is 5.93. The molecular formula is C28H36N4O4. The zero-order valence-electron chi connectivity index (χ0n) is 22.1. The van der Waals surface area contributed by atoms with Crippen LogP contribution in [0.3, 0.4) is 0 Å². The average Bonchev–Trinajstić information content (AvgIpc) is 2.84. The molecule has 0 aliphatic carbocycles. The monoisotopic (exact) mass is 492 g/mol. The molecule has 2 aromatic carbocycles. The lowest BCUT2D eigenvalue weighted by Crippen LogP contribution is -2.42. The molecule has 1 aliphatic rings. The normalized spacial score (nSPS) is 14.6. The van der Waals surface area contributed by atoms with Crippen molar-refractivity contribution in [2.24, 2.45) is 5.41 Å². The van der Waals surface area contributed by atoms with E-state index in [4.69, 9.17) is 14.2 Å². The first-order valence-corrected chi connectivity index (χ1v) is 12.4. The minimum atomic E-state index is 0.00826. The van der Waals surface area contributed by atoms with Gasteiger partial charge in [0.15, 0.2) is 11.5 Å². The number of nitrogens with zero attached hydrogens (tertiary/aromatic N) is 3. The van der Waals surface area contributed by atoms with Crippen molar-refractivity contribution in [1.29, 1.82) is 0 Å². The first-order chi connectivity index (χ1) is 17.2. The van der Waals surface area contributed by atoms with Crippen molar-refractivity contribution < 1.29 is 19.0 Å². The van der Waals surface area contributed by atoms with Gasteiger partial charge in [-0.15, -0.1) is 0 Å². The molecule has 192 valence electrons. The lowest BCUT2D eigenvalue weighted by atomic mass is 9.91. The fourth-order valence-corrected chi connectivity index (χ4v) is 4.45. The van der Waals surface area contributed by atoms with E-state index in [1.807, 2.05) is 42.2 Å². The van der Waals surface area contributed by atoms with E-state index in [2.05, 4.69) is 36.1 Å². The summed E-state index contributed by atoms with van der Waals surface area (Å²) < 4.78 is 17.2. The standard InChI is InChI=1S/C28H36N4O4/c1-18-13-19(31-27-21-14-24(34-5)25(35-6)15-22(21)29-17-30-27)7-8-23(18)36-20-9-11-32(12-10-20)26(33)16-28(2,3)4/h7-8,13-15,17,20H,9-12,16H2,1-6H3,(H,29,30,31). The second kappa shape index (κ2) is 10.6. The van der Waals surface area contributed by atoms with Crippen molar-refractivity contribution in [2.75, 3.05) is 32.6 Å². The number of aryl methyl sites for hydroxylation is 1. The van der Waals surface area contributed by atoms with Gasteiger partial charge in [0.1, 0.15) is 24.0 Å². The lowest BCUT2D eigenvalue weighted by molar-refractivity contribution is -0.134. The van der Waals surface area contributed by atoms with Crippen LogP contribution in [0.15, 0.2) is 36.7 Å². The molecule has 36 heavy (non-hydrogen) atoms. The number of hydrogen-bond acceptors (Lipinski definition) is 7. The Morgan fingerprint density at radius 3 is 2.36 bits per heavy atom. The predicted molar refractivity (Wildman–Crippen MR) is 141 cm³/mol. The lowest BCUT2D eigenvalue weighted by Gasteiger charge is -2.34. The minimum Gasteiger partial charge on any atom is -0.493 e. The number of carbonyl (C=O) groups excluding carboxylic acids is 1. The number of aromatic nitrogens is 2. The molecule has 1 fully saturated rings.